The lowest BCUT2D eigenvalue weighted by atomic mass is 10.1. The average Bonchev–Trinajstić information content (AvgIpc) is 3.23. The minimum absolute atomic E-state index is 0. The fourth-order valence-corrected chi connectivity index (χ4v) is 4.40. The van der Waals surface area contributed by atoms with E-state index in [0.717, 1.165) is 29.4 Å². The van der Waals surface area contributed by atoms with Gasteiger partial charge in [0.25, 0.3) is 0 Å². The largest absolute Gasteiger partial charge is 0.339 e. The van der Waals surface area contributed by atoms with Gasteiger partial charge in [-0.1, -0.05) is 36.4 Å². The highest BCUT2D eigenvalue weighted by Crippen LogP contribution is 2.33. The Hall–Kier alpha value is -2.11. The van der Waals surface area contributed by atoms with E-state index in [1.807, 2.05) is 47.4 Å². The summed E-state index contributed by atoms with van der Waals surface area (Å²) in [6, 6.07) is 14.2. The first kappa shape index (κ1) is 19.6. The highest BCUT2D eigenvalue weighted by atomic mass is 35.5. The maximum absolute atomic E-state index is 13.0. The Morgan fingerprint density at radius 1 is 1.15 bits per heavy atom. The van der Waals surface area contributed by atoms with E-state index in [2.05, 4.69) is 6.92 Å². The molecular formula is C21H26ClN3O2. The van der Waals surface area contributed by atoms with Gasteiger partial charge in [0.05, 0.1) is 11.6 Å². The third kappa shape index (κ3) is 3.54. The predicted octanol–water partition coefficient (Wildman–Crippen LogP) is 2.81. The monoisotopic (exact) mass is 387 g/mol. The number of benzene rings is 2. The van der Waals surface area contributed by atoms with Gasteiger partial charge in [-0.05, 0) is 37.3 Å². The third-order valence-electron chi connectivity index (χ3n) is 5.81. The number of hydrogen-bond acceptors (Lipinski definition) is 3. The lowest BCUT2D eigenvalue weighted by molar-refractivity contribution is -0.136. The number of carbonyl (C=O) groups excluding carboxylic acids is 2. The van der Waals surface area contributed by atoms with Crippen LogP contribution in [0.1, 0.15) is 19.8 Å². The van der Waals surface area contributed by atoms with Crippen LogP contribution < -0.4 is 10.6 Å². The van der Waals surface area contributed by atoms with Crippen molar-refractivity contribution in [2.75, 3.05) is 24.5 Å². The Morgan fingerprint density at radius 2 is 1.89 bits per heavy atom. The Kier molecular flexibility index (Phi) is 5.72. The molecule has 0 aromatic heterocycles. The molecule has 144 valence electrons. The normalized spacial score (nSPS) is 25.1. The summed E-state index contributed by atoms with van der Waals surface area (Å²) >= 11 is 0. The molecule has 2 aromatic carbocycles. The SMILES string of the molecule is CC1CC(CN)CN1C(=O)C1CC(=O)N(c2cccc3ccccc23)C1.Cl. The smallest absolute Gasteiger partial charge is 0.228 e. The van der Waals surface area contributed by atoms with E-state index in [0.29, 0.717) is 25.4 Å². The second-order valence-electron chi connectivity index (χ2n) is 7.58. The standard InChI is InChI=1S/C21H25N3O2.ClH/c1-14-9-15(11-22)12-23(14)21(26)17-10-20(25)24(13-17)19-8-4-6-16-5-2-3-7-18(16)19;/h2-8,14-15,17H,9-13,22H2,1H3;1H. The number of likely N-dealkylation sites (tertiary alicyclic amines) is 1. The molecule has 3 unspecified atom stereocenters. The van der Waals surface area contributed by atoms with Crippen LogP contribution in [0.2, 0.25) is 0 Å². The van der Waals surface area contributed by atoms with E-state index in [-0.39, 0.29) is 36.2 Å². The Balaban J connectivity index is 0.00000210. The third-order valence-corrected chi connectivity index (χ3v) is 5.81. The summed E-state index contributed by atoms with van der Waals surface area (Å²) in [4.78, 5) is 29.4. The molecule has 0 aliphatic carbocycles. The van der Waals surface area contributed by atoms with Crippen molar-refractivity contribution in [3.8, 4) is 0 Å². The van der Waals surface area contributed by atoms with Gasteiger partial charge >= 0.3 is 0 Å². The number of carbonyl (C=O) groups is 2. The highest BCUT2D eigenvalue weighted by molar-refractivity contribution is 6.07. The summed E-state index contributed by atoms with van der Waals surface area (Å²) in [6.45, 7) is 3.87. The predicted molar refractivity (Wildman–Crippen MR) is 110 cm³/mol. The molecule has 5 nitrogen and oxygen atoms in total. The van der Waals surface area contributed by atoms with E-state index >= 15 is 0 Å². The summed E-state index contributed by atoms with van der Waals surface area (Å²) in [5.74, 6) is 0.243. The summed E-state index contributed by atoms with van der Waals surface area (Å²) < 4.78 is 0. The van der Waals surface area contributed by atoms with Crippen molar-refractivity contribution >= 4 is 40.7 Å². The van der Waals surface area contributed by atoms with Crippen LogP contribution in [0, 0.1) is 11.8 Å². The van der Waals surface area contributed by atoms with Crippen LogP contribution in [0.15, 0.2) is 42.5 Å². The zero-order chi connectivity index (χ0) is 18.3. The number of nitrogens with two attached hydrogens (primary N) is 1. The number of nitrogens with zero attached hydrogens (tertiary/aromatic N) is 2. The zero-order valence-electron chi connectivity index (χ0n) is 15.5. The number of hydrogen-bond donors (Lipinski definition) is 1. The molecule has 3 atom stereocenters. The van der Waals surface area contributed by atoms with Crippen molar-refractivity contribution in [2.45, 2.75) is 25.8 Å². The summed E-state index contributed by atoms with van der Waals surface area (Å²) in [7, 11) is 0. The molecule has 2 N–H and O–H groups in total. The van der Waals surface area contributed by atoms with Crippen LogP contribution in [-0.4, -0.2) is 42.4 Å². The van der Waals surface area contributed by atoms with Gasteiger partial charge in [0, 0.05) is 30.9 Å². The quantitative estimate of drug-likeness (QED) is 0.880. The molecule has 2 heterocycles. The van der Waals surface area contributed by atoms with Crippen molar-refractivity contribution in [1.82, 2.24) is 4.90 Å². The van der Waals surface area contributed by atoms with Crippen LogP contribution in [0.5, 0.6) is 0 Å². The van der Waals surface area contributed by atoms with E-state index in [4.69, 9.17) is 5.73 Å². The van der Waals surface area contributed by atoms with Crippen molar-refractivity contribution in [1.29, 1.82) is 0 Å². The molecular weight excluding hydrogens is 362 g/mol. The molecule has 2 aliphatic heterocycles. The first-order chi connectivity index (χ1) is 12.6. The van der Waals surface area contributed by atoms with Crippen molar-refractivity contribution in [3.63, 3.8) is 0 Å². The molecule has 2 saturated heterocycles. The van der Waals surface area contributed by atoms with E-state index in [1.54, 1.807) is 4.90 Å². The molecule has 2 fully saturated rings. The van der Waals surface area contributed by atoms with Crippen LogP contribution in [0.25, 0.3) is 10.8 Å². The molecule has 4 rings (SSSR count). The minimum atomic E-state index is -0.263. The van der Waals surface area contributed by atoms with Gasteiger partial charge in [0.15, 0.2) is 0 Å². The van der Waals surface area contributed by atoms with Crippen LogP contribution in [0.4, 0.5) is 5.69 Å². The highest BCUT2D eigenvalue weighted by Gasteiger charge is 2.41. The second kappa shape index (κ2) is 7.87. The topological polar surface area (TPSA) is 66.6 Å². The fourth-order valence-electron chi connectivity index (χ4n) is 4.40. The molecule has 2 aliphatic rings. The molecule has 0 spiro atoms. The van der Waals surface area contributed by atoms with Gasteiger partial charge in [-0.2, -0.15) is 0 Å². The molecule has 0 bridgehead atoms. The first-order valence-electron chi connectivity index (χ1n) is 9.37. The molecule has 6 heteroatoms. The van der Waals surface area contributed by atoms with E-state index in [9.17, 15) is 9.59 Å². The molecule has 2 amide bonds. The molecule has 2 aromatic rings. The Labute approximate surface area is 165 Å². The van der Waals surface area contributed by atoms with Gasteiger partial charge in [0.2, 0.25) is 11.8 Å². The first-order valence-corrected chi connectivity index (χ1v) is 9.37. The van der Waals surface area contributed by atoms with Crippen LogP contribution >= 0.6 is 12.4 Å². The summed E-state index contributed by atoms with van der Waals surface area (Å²) in [6.07, 6.45) is 1.24. The number of anilines is 1. The van der Waals surface area contributed by atoms with Crippen molar-refractivity contribution in [3.05, 3.63) is 42.5 Å². The number of halogens is 1. The van der Waals surface area contributed by atoms with Gasteiger partial charge in [-0.25, -0.2) is 0 Å². The molecule has 0 saturated carbocycles. The minimum Gasteiger partial charge on any atom is -0.339 e. The molecule has 27 heavy (non-hydrogen) atoms. The van der Waals surface area contributed by atoms with Gasteiger partial charge in [-0.15, -0.1) is 12.4 Å². The van der Waals surface area contributed by atoms with E-state index in [1.165, 1.54) is 0 Å². The van der Waals surface area contributed by atoms with Crippen molar-refractivity contribution < 1.29 is 9.59 Å². The molecule has 0 radical (unpaired) electrons. The lowest BCUT2D eigenvalue weighted by Crippen LogP contribution is -2.40. The van der Waals surface area contributed by atoms with Crippen LogP contribution in [0.3, 0.4) is 0 Å². The maximum atomic E-state index is 13.0. The number of rotatable bonds is 3. The Bertz CT molecular complexity index is 851. The average molecular weight is 388 g/mol. The van der Waals surface area contributed by atoms with Gasteiger partial charge in [0.1, 0.15) is 0 Å². The van der Waals surface area contributed by atoms with Gasteiger partial charge < -0.3 is 15.5 Å². The maximum Gasteiger partial charge on any atom is 0.228 e. The van der Waals surface area contributed by atoms with E-state index < -0.39 is 0 Å². The summed E-state index contributed by atoms with van der Waals surface area (Å²) in [5, 5.41) is 2.15. The summed E-state index contributed by atoms with van der Waals surface area (Å²) in [5.41, 5.74) is 6.69. The Morgan fingerprint density at radius 3 is 2.63 bits per heavy atom. The number of amides is 2. The second-order valence-corrected chi connectivity index (χ2v) is 7.58. The van der Waals surface area contributed by atoms with Crippen LogP contribution in [-0.2, 0) is 9.59 Å². The number of fused-ring (bicyclic) bond motifs is 1. The van der Waals surface area contributed by atoms with Gasteiger partial charge in [-0.3, -0.25) is 9.59 Å². The van der Waals surface area contributed by atoms with Crippen molar-refractivity contribution in [2.24, 2.45) is 17.6 Å². The zero-order valence-corrected chi connectivity index (χ0v) is 16.3. The lowest BCUT2D eigenvalue weighted by Gasteiger charge is -2.25. The fraction of sp³-hybridized carbons (Fsp3) is 0.429.